The lowest BCUT2D eigenvalue weighted by molar-refractivity contribution is 0.413. The fraction of sp³-hybridized carbons (Fsp3) is 0.100. The highest BCUT2D eigenvalue weighted by Gasteiger charge is 2.13. The van der Waals surface area contributed by atoms with E-state index < -0.39 is 0 Å². The van der Waals surface area contributed by atoms with Gasteiger partial charge in [-0.25, -0.2) is 9.37 Å². The number of methoxy groups -OCH3 is 1. The third-order valence-corrected chi connectivity index (χ3v) is 2.06. The predicted molar refractivity (Wildman–Crippen MR) is 54.9 cm³/mol. The molecule has 0 aliphatic heterocycles. The Labute approximate surface area is 85.9 Å². The van der Waals surface area contributed by atoms with Crippen molar-refractivity contribution in [2.45, 2.75) is 0 Å². The normalized spacial score (nSPS) is 10.3. The number of halogens is 1. The van der Waals surface area contributed by atoms with Crippen molar-refractivity contribution in [3.05, 3.63) is 30.2 Å². The van der Waals surface area contributed by atoms with Crippen molar-refractivity contribution >= 4 is 5.95 Å². The predicted octanol–water partition coefficient (Wildman–Crippen LogP) is 1.81. The van der Waals surface area contributed by atoms with Gasteiger partial charge in [-0.2, -0.15) is 0 Å². The van der Waals surface area contributed by atoms with Crippen LogP contribution in [-0.4, -0.2) is 17.1 Å². The number of nitrogens with zero attached hydrogens (tertiary/aromatic N) is 1. The Morgan fingerprint density at radius 1 is 1.47 bits per heavy atom. The van der Waals surface area contributed by atoms with E-state index in [4.69, 9.17) is 10.5 Å². The second-order valence-corrected chi connectivity index (χ2v) is 3.00. The molecule has 0 fully saturated rings. The molecule has 0 aliphatic rings. The minimum atomic E-state index is -0.377. The van der Waals surface area contributed by atoms with E-state index in [9.17, 15) is 4.39 Å². The maximum Gasteiger partial charge on any atom is 0.197 e. The van der Waals surface area contributed by atoms with Crippen LogP contribution in [0.5, 0.6) is 5.75 Å². The summed E-state index contributed by atoms with van der Waals surface area (Å²) in [5, 5.41) is 0. The molecule has 0 spiro atoms. The molecule has 0 saturated heterocycles. The number of aromatic nitrogens is 2. The van der Waals surface area contributed by atoms with E-state index >= 15 is 0 Å². The summed E-state index contributed by atoms with van der Waals surface area (Å²) in [6, 6.07) is 4.61. The van der Waals surface area contributed by atoms with Gasteiger partial charge in [0.1, 0.15) is 11.6 Å². The van der Waals surface area contributed by atoms with Crippen LogP contribution in [0.25, 0.3) is 11.3 Å². The highest BCUT2D eigenvalue weighted by Crippen LogP contribution is 2.31. The van der Waals surface area contributed by atoms with Gasteiger partial charge in [-0.15, -0.1) is 0 Å². The molecule has 0 radical (unpaired) electrons. The summed E-state index contributed by atoms with van der Waals surface area (Å²) in [7, 11) is 1.48. The first-order chi connectivity index (χ1) is 7.22. The van der Waals surface area contributed by atoms with Crippen LogP contribution in [0.15, 0.2) is 24.4 Å². The number of hydrogen-bond acceptors (Lipinski definition) is 3. The minimum absolute atomic E-state index is 0.246. The van der Waals surface area contributed by atoms with E-state index in [1.807, 2.05) is 0 Å². The number of rotatable bonds is 2. The quantitative estimate of drug-likeness (QED) is 0.789. The van der Waals surface area contributed by atoms with E-state index in [0.29, 0.717) is 17.0 Å². The summed E-state index contributed by atoms with van der Waals surface area (Å²) < 4.78 is 18.6. The molecule has 0 atom stereocenters. The molecule has 2 rings (SSSR count). The molecule has 0 aliphatic carbocycles. The first kappa shape index (κ1) is 9.51. The summed E-state index contributed by atoms with van der Waals surface area (Å²) in [4.78, 5) is 6.56. The highest BCUT2D eigenvalue weighted by molar-refractivity contribution is 5.68. The van der Waals surface area contributed by atoms with Crippen molar-refractivity contribution < 1.29 is 9.13 Å². The Hall–Kier alpha value is -2.04. The second-order valence-electron chi connectivity index (χ2n) is 3.00. The van der Waals surface area contributed by atoms with Crippen LogP contribution in [0.4, 0.5) is 10.3 Å². The van der Waals surface area contributed by atoms with Crippen LogP contribution in [0.1, 0.15) is 0 Å². The Bertz CT molecular complexity index is 481. The number of anilines is 1. The Balaban J connectivity index is 2.60. The van der Waals surface area contributed by atoms with Crippen LogP contribution in [0.2, 0.25) is 0 Å². The van der Waals surface area contributed by atoms with Crippen LogP contribution < -0.4 is 10.5 Å². The number of hydrogen-bond donors (Lipinski definition) is 2. The zero-order valence-corrected chi connectivity index (χ0v) is 8.12. The second kappa shape index (κ2) is 3.61. The van der Waals surface area contributed by atoms with Gasteiger partial charge < -0.3 is 15.5 Å². The maximum atomic E-state index is 13.6. The van der Waals surface area contributed by atoms with Gasteiger partial charge in [-0.1, -0.05) is 6.07 Å². The number of H-pyrrole nitrogens is 1. The molecule has 0 unspecified atom stereocenters. The molecular weight excluding hydrogens is 197 g/mol. The molecule has 1 heterocycles. The van der Waals surface area contributed by atoms with Crippen molar-refractivity contribution in [2.75, 3.05) is 12.8 Å². The maximum absolute atomic E-state index is 13.6. The average molecular weight is 207 g/mol. The van der Waals surface area contributed by atoms with Gasteiger partial charge in [0.2, 0.25) is 0 Å². The number of nitrogen functional groups attached to an aromatic ring is 1. The zero-order chi connectivity index (χ0) is 10.8. The number of aromatic amines is 1. The van der Waals surface area contributed by atoms with Gasteiger partial charge >= 0.3 is 0 Å². The number of nitrogens with one attached hydrogen (secondary N) is 1. The van der Waals surface area contributed by atoms with Gasteiger partial charge in [0, 0.05) is 0 Å². The Kier molecular flexibility index (Phi) is 2.29. The van der Waals surface area contributed by atoms with E-state index in [1.165, 1.54) is 19.4 Å². The topological polar surface area (TPSA) is 63.9 Å². The molecule has 15 heavy (non-hydrogen) atoms. The fourth-order valence-electron chi connectivity index (χ4n) is 1.40. The third kappa shape index (κ3) is 1.63. The van der Waals surface area contributed by atoms with Crippen LogP contribution in [0.3, 0.4) is 0 Å². The van der Waals surface area contributed by atoms with Crippen molar-refractivity contribution in [3.8, 4) is 17.0 Å². The molecule has 4 nitrogen and oxygen atoms in total. The smallest absolute Gasteiger partial charge is 0.197 e. The summed E-state index contributed by atoms with van der Waals surface area (Å²) in [5.74, 6) is 0.312. The molecule has 0 saturated carbocycles. The van der Waals surface area contributed by atoms with Crippen molar-refractivity contribution in [3.63, 3.8) is 0 Å². The van der Waals surface area contributed by atoms with Crippen LogP contribution >= 0.6 is 0 Å². The molecule has 1 aromatic carbocycles. The number of nitrogens with two attached hydrogens (primary N) is 1. The van der Waals surface area contributed by atoms with Gasteiger partial charge in [0.25, 0.3) is 0 Å². The minimum Gasteiger partial charge on any atom is -0.496 e. The summed E-state index contributed by atoms with van der Waals surface area (Å²) in [6.45, 7) is 0. The summed E-state index contributed by atoms with van der Waals surface area (Å²) in [6.07, 6.45) is 1.47. The van der Waals surface area contributed by atoms with Crippen molar-refractivity contribution in [1.82, 2.24) is 9.97 Å². The molecule has 0 amide bonds. The van der Waals surface area contributed by atoms with Gasteiger partial charge in [-0.3, -0.25) is 0 Å². The summed E-state index contributed by atoms with van der Waals surface area (Å²) >= 11 is 0. The zero-order valence-electron chi connectivity index (χ0n) is 8.12. The van der Waals surface area contributed by atoms with Gasteiger partial charge in [0.05, 0.1) is 24.6 Å². The Morgan fingerprint density at radius 2 is 2.27 bits per heavy atom. The molecule has 2 aromatic rings. The molecule has 1 aromatic heterocycles. The van der Waals surface area contributed by atoms with Crippen molar-refractivity contribution in [1.29, 1.82) is 0 Å². The fourth-order valence-corrected chi connectivity index (χ4v) is 1.40. The van der Waals surface area contributed by atoms with Crippen LogP contribution in [-0.2, 0) is 0 Å². The summed E-state index contributed by atoms with van der Waals surface area (Å²) in [5.41, 5.74) is 6.27. The molecular formula is C10H10FN3O. The van der Waals surface area contributed by atoms with E-state index in [0.717, 1.165) is 0 Å². The van der Waals surface area contributed by atoms with E-state index in [1.54, 1.807) is 12.1 Å². The van der Waals surface area contributed by atoms with Crippen LogP contribution in [0, 0.1) is 5.82 Å². The molecule has 3 N–H and O–H groups in total. The molecule has 78 valence electrons. The highest BCUT2D eigenvalue weighted by atomic mass is 19.1. The Morgan fingerprint density at radius 3 is 2.87 bits per heavy atom. The number of benzene rings is 1. The van der Waals surface area contributed by atoms with Crippen molar-refractivity contribution in [2.24, 2.45) is 0 Å². The number of imidazole rings is 1. The first-order valence-electron chi connectivity index (χ1n) is 4.35. The molecule has 5 heteroatoms. The first-order valence-corrected chi connectivity index (χ1v) is 4.35. The van der Waals surface area contributed by atoms with E-state index in [-0.39, 0.29) is 11.8 Å². The van der Waals surface area contributed by atoms with Gasteiger partial charge in [-0.05, 0) is 12.1 Å². The SMILES string of the molecule is COc1cccc(F)c1-c1cnc(N)[nH]1. The average Bonchev–Trinajstić information content (AvgIpc) is 2.64. The van der Waals surface area contributed by atoms with Gasteiger partial charge in [0.15, 0.2) is 5.95 Å². The monoisotopic (exact) mass is 207 g/mol. The standard InChI is InChI=1S/C10H10FN3O/c1-15-8-4-2-3-6(11)9(8)7-5-13-10(12)14-7/h2-5H,1H3,(H3,12,13,14). The van der Waals surface area contributed by atoms with E-state index in [2.05, 4.69) is 9.97 Å². The largest absolute Gasteiger partial charge is 0.496 e. The lowest BCUT2D eigenvalue weighted by Crippen LogP contribution is -1.92. The lowest BCUT2D eigenvalue weighted by Gasteiger charge is -2.06. The third-order valence-electron chi connectivity index (χ3n) is 2.06. The molecule has 0 bridgehead atoms. The number of ether oxygens (including phenoxy) is 1. The lowest BCUT2D eigenvalue weighted by atomic mass is 10.1.